The Morgan fingerprint density at radius 3 is 3.00 bits per heavy atom. The van der Waals surface area contributed by atoms with Crippen LogP contribution in [-0.4, -0.2) is 19.5 Å². The average Bonchev–Trinajstić information content (AvgIpc) is 2.18. The van der Waals surface area contributed by atoms with Gasteiger partial charge in [-0.25, -0.2) is 0 Å². The Bertz CT molecular complexity index is 387. The number of fused-ring (bicyclic) bond motifs is 1. The number of nitrogen functional groups attached to an aromatic ring is 1. The van der Waals surface area contributed by atoms with E-state index in [1.165, 1.54) is 7.11 Å². The summed E-state index contributed by atoms with van der Waals surface area (Å²) in [5, 5.41) is 0. The lowest BCUT2D eigenvalue weighted by molar-refractivity contribution is 0.0930. The lowest BCUT2D eigenvalue weighted by Crippen LogP contribution is -2.16. The van der Waals surface area contributed by atoms with Crippen LogP contribution in [0.2, 0.25) is 0 Å². The molecule has 2 N–H and O–H groups in total. The summed E-state index contributed by atoms with van der Waals surface area (Å²) in [5.41, 5.74) is 6.73. The number of hydrogen-bond donors (Lipinski definition) is 1. The molecule has 1 aromatic carbocycles. The standard InChI is InChI=1S/C10H11NO3/c1-13-10-7(11)3-2-6-8(12)4-5-14-9(6)10/h2-3H,4-5,11H2,1H3. The van der Waals surface area contributed by atoms with Gasteiger partial charge in [-0.3, -0.25) is 4.79 Å². The van der Waals surface area contributed by atoms with Crippen LogP contribution in [-0.2, 0) is 0 Å². The molecule has 0 unspecified atom stereocenters. The highest BCUT2D eigenvalue weighted by molar-refractivity contribution is 6.01. The van der Waals surface area contributed by atoms with Gasteiger partial charge in [-0.1, -0.05) is 0 Å². The minimum Gasteiger partial charge on any atom is -0.491 e. The predicted octanol–water partition coefficient (Wildman–Crippen LogP) is 1.24. The number of benzene rings is 1. The van der Waals surface area contributed by atoms with Gasteiger partial charge in [0, 0.05) is 6.42 Å². The maximum Gasteiger partial charge on any atom is 0.184 e. The first-order valence-electron chi connectivity index (χ1n) is 4.36. The molecule has 0 aromatic heterocycles. The predicted molar refractivity (Wildman–Crippen MR) is 51.8 cm³/mol. The third-order valence-electron chi connectivity index (χ3n) is 2.22. The molecule has 14 heavy (non-hydrogen) atoms. The van der Waals surface area contributed by atoms with Crippen molar-refractivity contribution in [3.8, 4) is 11.5 Å². The number of rotatable bonds is 1. The zero-order valence-electron chi connectivity index (χ0n) is 7.87. The van der Waals surface area contributed by atoms with Crippen LogP contribution in [0, 0.1) is 0 Å². The SMILES string of the molecule is COc1c(N)ccc2c1OCCC2=O. The molecule has 1 heterocycles. The third-order valence-corrected chi connectivity index (χ3v) is 2.22. The van der Waals surface area contributed by atoms with Crippen molar-refractivity contribution in [2.45, 2.75) is 6.42 Å². The van der Waals surface area contributed by atoms with Gasteiger partial charge < -0.3 is 15.2 Å². The highest BCUT2D eigenvalue weighted by Crippen LogP contribution is 2.39. The van der Waals surface area contributed by atoms with Crippen LogP contribution in [0.3, 0.4) is 0 Å². The van der Waals surface area contributed by atoms with Crippen LogP contribution in [0.1, 0.15) is 16.8 Å². The molecule has 0 amide bonds. The van der Waals surface area contributed by atoms with Crippen molar-refractivity contribution >= 4 is 11.5 Å². The van der Waals surface area contributed by atoms with E-state index in [2.05, 4.69) is 0 Å². The largest absolute Gasteiger partial charge is 0.491 e. The molecule has 0 saturated heterocycles. The van der Waals surface area contributed by atoms with E-state index in [9.17, 15) is 4.79 Å². The summed E-state index contributed by atoms with van der Waals surface area (Å²) in [6, 6.07) is 3.33. The van der Waals surface area contributed by atoms with Crippen molar-refractivity contribution < 1.29 is 14.3 Å². The maximum atomic E-state index is 11.5. The van der Waals surface area contributed by atoms with Gasteiger partial charge in [-0.2, -0.15) is 0 Å². The van der Waals surface area contributed by atoms with Gasteiger partial charge in [0.2, 0.25) is 0 Å². The number of hydrogen-bond acceptors (Lipinski definition) is 4. The van der Waals surface area contributed by atoms with Gasteiger partial charge >= 0.3 is 0 Å². The Labute approximate surface area is 81.6 Å². The summed E-state index contributed by atoms with van der Waals surface area (Å²) in [5.74, 6) is 1.00. The Morgan fingerprint density at radius 2 is 2.29 bits per heavy atom. The summed E-state index contributed by atoms with van der Waals surface area (Å²) in [4.78, 5) is 11.5. The van der Waals surface area contributed by atoms with Gasteiger partial charge in [0.05, 0.1) is 25.0 Å². The molecule has 1 aromatic rings. The second kappa shape index (κ2) is 3.21. The molecular weight excluding hydrogens is 182 g/mol. The van der Waals surface area contributed by atoms with Crippen molar-refractivity contribution in [1.82, 2.24) is 0 Å². The normalized spacial score (nSPS) is 14.5. The van der Waals surface area contributed by atoms with Crippen molar-refractivity contribution in [3.63, 3.8) is 0 Å². The smallest absolute Gasteiger partial charge is 0.184 e. The first-order valence-corrected chi connectivity index (χ1v) is 4.36. The van der Waals surface area contributed by atoms with Gasteiger partial charge in [0.1, 0.15) is 0 Å². The van der Waals surface area contributed by atoms with Crippen LogP contribution in [0.5, 0.6) is 11.5 Å². The topological polar surface area (TPSA) is 61.6 Å². The van der Waals surface area contributed by atoms with Gasteiger partial charge in [0.15, 0.2) is 17.3 Å². The zero-order valence-corrected chi connectivity index (χ0v) is 7.87. The number of nitrogens with two attached hydrogens (primary N) is 1. The van der Waals surface area contributed by atoms with E-state index < -0.39 is 0 Å². The van der Waals surface area contributed by atoms with Crippen LogP contribution in [0.25, 0.3) is 0 Å². The number of anilines is 1. The summed E-state index contributed by atoms with van der Waals surface area (Å²) < 4.78 is 10.5. The Balaban J connectivity index is 2.61. The number of methoxy groups -OCH3 is 1. The van der Waals surface area contributed by atoms with E-state index >= 15 is 0 Å². The van der Waals surface area contributed by atoms with E-state index in [1.807, 2.05) is 0 Å². The van der Waals surface area contributed by atoms with Crippen molar-refractivity contribution in [2.24, 2.45) is 0 Å². The molecule has 0 aliphatic carbocycles. The molecule has 0 fully saturated rings. The highest BCUT2D eigenvalue weighted by Gasteiger charge is 2.23. The molecule has 1 aliphatic rings. The molecule has 0 bridgehead atoms. The molecule has 0 atom stereocenters. The van der Waals surface area contributed by atoms with Crippen LogP contribution in [0.4, 0.5) is 5.69 Å². The second-order valence-corrected chi connectivity index (χ2v) is 3.09. The first kappa shape index (κ1) is 8.87. The number of ketones is 1. The average molecular weight is 193 g/mol. The van der Waals surface area contributed by atoms with Gasteiger partial charge in [-0.15, -0.1) is 0 Å². The number of Topliss-reactive ketones (excluding diaryl/α,β-unsaturated/α-hetero) is 1. The minimum absolute atomic E-state index is 0.0737. The maximum absolute atomic E-state index is 11.5. The van der Waals surface area contributed by atoms with Crippen molar-refractivity contribution in [1.29, 1.82) is 0 Å². The molecule has 1 aliphatic heterocycles. The van der Waals surface area contributed by atoms with Crippen LogP contribution >= 0.6 is 0 Å². The molecule has 4 heteroatoms. The summed E-state index contributed by atoms with van der Waals surface area (Å²) in [6.45, 7) is 0.394. The fourth-order valence-corrected chi connectivity index (χ4v) is 1.53. The fraction of sp³-hybridized carbons (Fsp3) is 0.300. The quantitative estimate of drug-likeness (QED) is 0.681. The minimum atomic E-state index is 0.0737. The van der Waals surface area contributed by atoms with Crippen molar-refractivity contribution in [3.05, 3.63) is 17.7 Å². The third kappa shape index (κ3) is 1.19. The Hall–Kier alpha value is -1.71. The van der Waals surface area contributed by atoms with E-state index in [0.717, 1.165) is 0 Å². The number of ether oxygens (including phenoxy) is 2. The molecule has 4 nitrogen and oxygen atoms in total. The highest BCUT2D eigenvalue weighted by atomic mass is 16.5. The molecule has 0 spiro atoms. The first-order chi connectivity index (χ1) is 6.74. The van der Waals surface area contributed by atoms with Crippen LogP contribution < -0.4 is 15.2 Å². The number of carbonyl (C=O) groups is 1. The summed E-state index contributed by atoms with van der Waals surface area (Å²) in [6.07, 6.45) is 0.417. The molecule has 2 rings (SSSR count). The zero-order chi connectivity index (χ0) is 10.1. The Morgan fingerprint density at radius 1 is 1.50 bits per heavy atom. The van der Waals surface area contributed by atoms with Crippen LogP contribution in [0.15, 0.2) is 12.1 Å². The van der Waals surface area contributed by atoms with E-state index in [0.29, 0.717) is 35.8 Å². The summed E-state index contributed by atoms with van der Waals surface area (Å²) >= 11 is 0. The van der Waals surface area contributed by atoms with Gasteiger partial charge in [0.25, 0.3) is 0 Å². The van der Waals surface area contributed by atoms with E-state index in [4.69, 9.17) is 15.2 Å². The Kier molecular flexibility index (Phi) is 2.04. The monoisotopic (exact) mass is 193 g/mol. The van der Waals surface area contributed by atoms with Crippen molar-refractivity contribution in [2.75, 3.05) is 19.5 Å². The lowest BCUT2D eigenvalue weighted by Gasteiger charge is -2.19. The second-order valence-electron chi connectivity index (χ2n) is 3.09. The molecular formula is C10H11NO3. The number of carbonyl (C=O) groups excluding carboxylic acids is 1. The lowest BCUT2D eigenvalue weighted by atomic mass is 10.0. The van der Waals surface area contributed by atoms with Gasteiger partial charge in [-0.05, 0) is 12.1 Å². The fourth-order valence-electron chi connectivity index (χ4n) is 1.53. The molecule has 0 radical (unpaired) electrons. The molecule has 74 valence electrons. The summed E-state index contributed by atoms with van der Waals surface area (Å²) in [7, 11) is 1.51. The van der Waals surface area contributed by atoms with E-state index in [1.54, 1.807) is 12.1 Å². The van der Waals surface area contributed by atoms with E-state index in [-0.39, 0.29) is 5.78 Å². The molecule has 0 saturated carbocycles.